The number of carbonyl (C=O) groups excluding carboxylic acids is 1. The summed E-state index contributed by atoms with van der Waals surface area (Å²) in [5.74, 6) is 0.473. The van der Waals surface area contributed by atoms with Crippen LogP contribution in [0.25, 0.3) is 10.9 Å². The van der Waals surface area contributed by atoms with E-state index in [0.29, 0.717) is 29.8 Å². The maximum atomic E-state index is 12.6. The lowest BCUT2D eigenvalue weighted by Gasteiger charge is -2.20. The van der Waals surface area contributed by atoms with Gasteiger partial charge >= 0.3 is 0 Å². The van der Waals surface area contributed by atoms with E-state index in [1.165, 1.54) is 5.56 Å². The molecule has 1 amide bonds. The first-order chi connectivity index (χ1) is 13.4. The number of para-hydroxylation sites is 1. The number of hydrogen-bond acceptors (Lipinski definition) is 4. The molecule has 0 aliphatic rings. The van der Waals surface area contributed by atoms with Crippen LogP contribution < -0.4 is 10.9 Å². The quantitative estimate of drug-likeness (QED) is 0.690. The topological polar surface area (TPSA) is 78.1 Å². The fraction of sp³-hybridized carbons (Fsp3) is 0.318. The Morgan fingerprint density at radius 3 is 2.50 bits per heavy atom. The van der Waals surface area contributed by atoms with Gasteiger partial charge in [0.05, 0.1) is 24.0 Å². The lowest BCUT2D eigenvalue weighted by molar-refractivity contribution is -0.117. The molecule has 0 spiro atoms. The molecule has 3 aromatic rings. The van der Waals surface area contributed by atoms with Crippen LogP contribution >= 0.6 is 0 Å². The second-order valence-corrected chi connectivity index (χ2v) is 7.15. The zero-order valence-corrected chi connectivity index (χ0v) is 16.8. The van der Waals surface area contributed by atoms with Crippen molar-refractivity contribution in [3.63, 3.8) is 0 Å². The molecule has 0 atom stereocenters. The van der Waals surface area contributed by atoms with E-state index < -0.39 is 0 Å². The number of anilines is 1. The lowest BCUT2D eigenvalue weighted by atomic mass is 10.1. The number of amides is 1. The summed E-state index contributed by atoms with van der Waals surface area (Å²) in [6, 6.07) is 11.4. The third-order valence-corrected chi connectivity index (χ3v) is 4.79. The zero-order valence-electron chi connectivity index (χ0n) is 16.8. The average Bonchev–Trinajstić information content (AvgIpc) is 2.64. The highest BCUT2D eigenvalue weighted by molar-refractivity contribution is 5.93. The number of fused-ring (bicyclic) bond motifs is 1. The van der Waals surface area contributed by atoms with Crippen LogP contribution in [0.15, 0.2) is 41.2 Å². The first kappa shape index (κ1) is 19.8. The minimum atomic E-state index is -0.160. The Balaban J connectivity index is 1.72. The van der Waals surface area contributed by atoms with Crippen LogP contribution in [0.1, 0.15) is 29.4 Å². The highest BCUT2D eigenvalue weighted by Gasteiger charge is 2.14. The number of nitrogens with zero attached hydrogens (tertiary/aromatic N) is 2. The summed E-state index contributed by atoms with van der Waals surface area (Å²) in [7, 11) is 0. The van der Waals surface area contributed by atoms with Crippen molar-refractivity contribution >= 4 is 22.5 Å². The molecule has 146 valence electrons. The van der Waals surface area contributed by atoms with Gasteiger partial charge in [-0.05, 0) is 50.6 Å². The second kappa shape index (κ2) is 8.35. The van der Waals surface area contributed by atoms with Gasteiger partial charge in [0.2, 0.25) is 5.91 Å². The summed E-state index contributed by atoms with van der Waals surface area (Å²) in [4.78, 5) is 34.1. The molecule has 0 radical (unpaired) electrons. The first-order valence-electron chi connectivity index (χ1n) is 9.45. The number of aromatic amines is 1. The van der Waals surface area contributed by atoms with Crippen LogP contribution in [-0.2, 0) is 11.3 Å². The third-order valence-electron chi connectivity index (χ3n) is 4.79. The Kier molecular flexibility index (Phi) is 5.90. The molecule has 0 saturated carbocycles. The molecule has 2 aromatic carbocycles. The molecule has 0 aliphatic carbocycles. The smallest absolute Gasteiger partial charge is 0.258 e. The largest absolute Gasteiger partial charge is 0.324 e. The van der Waals surface area contributed by atoms with E-state index in [1.54, 1.807) is 6.07 Å². The number of nitrogens with one attached hydrogen (secondary N) is 2. The highest BCUT2D eigenvalue weighted by Crippen LogP contribution is 2.21. The standard InChI is InChI=1S/C22H26N4O2/c1-5-26(12-19-23-18-9-7-6-8-17(18)22(28)24-19)13-20(27)25-21-15(3)10-14(2)11-16(21)4/h6-11H,5,12-13H2,1-4H3,(H,25,27)(H,23,24,28). The lowest BCUT2D eigenvalue weighted by Crippen LogP contribution is -2.34. The van der Waals surface area contributed by atoms with Gasteiger partial charge < -0.3 is 10.3 Å². The van der Waals surface area contributed by atoms with Gasteiger partial charge in [0.1, 0.15) is 5.82 Å². The molecule has 0 bridgehead atoms. The van der Waals surface area contributed by atoms with Crippen molar-refractivity contribution in [3.05, 3.63) is 69.3 Å². The van der Waals surface area contributed by atoms with Crippen molar-refractivity contribution in [3.8, 4) is 0 Å². The molecule has 0 unspecified atom stereocenters. The Hall–Kier alpha value is -2.99. The van der Waals surface area contributed by atoms with E-state index in [1.807, 2.05) is 50.8 Å². The summed E-state index contributed by atoms with van der Waals surface area (Å²) in [5.41, 5.74) is 4.64. The monoisotopic (exact) mass is 378 g/mol. The molecule has 0 aliphatic heterocycles. The van der Waals surface area contributed by atoms with Gasteiger partial charge in [0.15, 0.2) is 0 Å². The fourth-order valence-corrected chi connectivity index (χ4v) is 3.46. The van der Waals surface area contributed by atoms with Crippen molar-refractivity contribution in [1.29, 1.82) is 0 Å². The van der Waals surface area contributed by atoms with E-state index in [2.05, 4.69) is 27.4 Å². The van der Waals surface area contributed by atoms with Gasteiger partial charge in [-0.25, -0.2) is 4.98 Å². The Bertz CT molecular complexity index is 1050. The Labute approximate surface area is 164 Å². The van der Waals surface area contributed by atoms with Gasteiger partial charge in [-0.15, -0.1) is 0 Å². The normalized spacial score (nSPS) is 11.2. The summed E-state index contributed by atoms with van der Waals surface area (Å²) in [5, 5.41) is 3.59. The number of carbonyl (C=O) groups is 1. The van der Waals surface area contributed by atoms with Crippen molar-refractivity contribution in [2.75, 3.05) is 18.4 Å². The van der Waals surface area contributed by atoms with E-state index in [0.717, 1.165) is 16.8 Å². The van der Waals surface area contributed by atoms with Gasteiger partial charge in [0.25, 0.3) is 5.56 Å². The number of likely N-dealkylation sites (N-methyl/N-ethyl adjacent to an activating group) is 1. The van der Waals surface area contributed by atoms with Crippen LogP contribution in [0.3, 0.4) is 0 Å². The van der Waals surface area contributed by atoms with Crippen molar-refractivity contribution in [2.45, 2.75) is 34.2 Å². The number of benzene rings is 2. The minimum Gasteiger partial charge on any atom is -0.324 e. The number of hydrogen-bond donors (Lipinski definition) is 2. The zero-order chi connectivity index (χ0) is 20.3. The van der Waals surface area contributed by atoms with Crippen LogP contribution in [0, 0.1) is 20.8 Å². The fourth-order valence-electron chi connectivity index (χ4n) is 3.46. The molecule has 0 saturated heterocycles. The van der Waals surface area contributed by atoms with Crippen molar-refractivity contribution in [2.24, 2.45) is 0 Å². The number of aromatic nitrogens is 2. The minimum absolute atomic E-state index is 0.0833. The number of aryl methyl sites for hydroxylation is 3. The molecule has 28 heavy (non-hydrogen) atoms. The van der Waals surface area contributed by atoms with E-state index in [4.69, 9.17) is 0 Å². The van der Waals surface area contributed by atoms with E-state index in [9.17, 15) is 9.59 Å². The first-order valence-corrected chi connectivity index (χ1v) is 9.45. The van der Waals surface area contributed by atoms with Crippen LogP contribution in [0.4, 0.5) is 5.69 Å². The highest BCUT2D eigenvalue weighted by atomic mass is 16.2. The van der Waals surface area contributed by atoms with E-state index in [-0.39, 0.29) is 18.0 Å². The molecule has 6 nitrogen and oxygen atoms in total. The number of H-pyrrole nitrogens is 1. The molecule has 1 heterocycles. The second-order valence-electron chi connectivity index (χ2n) is 7.15. The Morgan fingerprint density at radius 1 is 1.14 bits per heavy atom. The molecule has 0 fully saturated rings. The van der Waals surface area contributed by atoms with Crippen LogP contribution in [-0.4, -0.2) is 33.9 Å². The molecule has 2 N–H and O–H groups in total. The SMILES string of the molecule is CCN(CC(=O)Nc1c(C)cc(C)cc1C)Cc1nc2ccccc2c(=O)[nH]1. The van der Waals surface area contributed by atoms with Crippen molar-refractivity contribution in [1.82, 2.24) is 14.9 Å². The average molecular weight is 378 g/mol. The molecular weight excluding hydrogens is 352 g/mol. The summed E-state index contributed by atoms with van der Waals surface area (Å²) in [6.07, 6.45) is 0. The maximum Gasteiger partial charge on any atom is 0.258 e. The van der Waals surface area contributed by atoms with Crippen molar-refractivity contribution < 1.29 is 4.79 Å². The van der Waals surface area contributed by atoms with E-state index >= 15 is 0 Å². The van der Waals surface area contributed by atoms with Gasteiger partial charge in [-0.2, -0.15) is 0 Å². The molecule has 3 rings (SSSR count). The van der Waals surface area contributed by atoms with Gasteiger partial charge in [-0.3, -0.25) is 14.5 Å². The van der Waals surface area contributed by atoms with Crippen LogP contribution in [0.2, 0.25) is 0 Å². The maximum absolute atomic E-state index is 12.6. The summed E-state index contributed by atoms with van der Waals surface area (Å²) < 4.78 is 0. The summed E-state index contributed by atoms with van der Waals surface area (Å²) in [6.45, 7) is 9.30. The predicted molar refractivity (Wildman–Crippen MR) is 113 cm³/mol. The number of rotatable bonds is 6. The van der Waals surface area contributed by atoms with Gasteiger partial charge in [-0.1, -0.05) is 36.8 Å². The molecule has 6 heteroatoms. The Morgan fingerprint density at radius 2 is 1.82 bits per heavy atom. The summed E-state index contributed by atoms with van der Waals surface area (Å²) >= 11 is 0. The van der Waals surface area contributed by atoms with Crippen LogP contribution in [0.5, 0.6) is 0 Å². The third kappa shape index (κ3) is 4.46. The molecule has 1 aromatic heterocycles. The molecular formula is C22H26N4O2. The van der Waals surface area contributed by atoms with Gasteiger partial charge in [0, 0.05) is 5.69 Å². The predicted octanol–water partition coefficient (Wildman–Crippen LogP) is 3.31.